The Bertz CT molecular complexity index is 200. The molecule has 3 nitrogen and oxygen atoms in total. The first-order valence-corrected chi connectivity index (χ1v) is 5.98. The van der Waals surface area contributed by atoms with Gasteiger partial charge in [0.15, 0.2) is 0 Å². The summed E-state index contributed by atoms with van der Waals surface area (Å²) >= 11 is 0. The third-order valence-electron chi connectivity index (χ3n) is 3.96. The van der Waals surface area contributed by atoms with Gasteiger partial charge in [0.05, 0.1) is 6.61 Å². The summed E-state index contributed by atoms with van der Waals surface area (Å²) in [6, 6.07) is 0. The molecule has 0 aromatic heterocycles. The van der Waals surface area contributed by atoms with E-state index in [-0.39, 0.29) is 12.1 Å². The molecule has 0 spiro atoms. The molecular weight excluding hydrogens is 188 g/mol. The van der Waals surface area contributed by atoms with Crippen LogP contribution in [-0.2, 0) is 0 Å². The smallest absolute Gasteiger partial charge is 0.0610 e. The van der Waals surface area contributed by atoms with Gasteiger partial charge in [-0.05, 0) is 53.6 Å². The standard InChI is InChI=1S/C12H26N2O/c1-11(2)6-5-8-14(11)9-7-12(3,10-15)13-4/h13,15H,5-10H2,1-4H3. The number of likely N-dealkylation sites (tertiary alicyclic amines) is 1. The lowest BCUT2D eigenvalue weighted by molar-refractivity contribution is 0.124. The molecule has 0 amide bonds. The SMILES string of the molecule is CNC(C)(CO)CCN1CCCC1(C)C. The molecule has 1 atom stereocenters. The molecule has 1 fully saturated rings. The quantitative estimate of drug-likeness (QED) is 0.722. The third kappa shape index (κ3) is 3.16. The van der Waals surface area contributed by atoms with Gasteiger partial charge < -0.3 is 10.4 Å². The lowest BCUT2D eigenvalue weighted by Gasteiger charge is -2.35. The number of aliphatic hydroxyl groups is 1. The van der Waals surface area contributed by atoms with Gasteiger partial charge in [-0.25, -0.2) is 0 Å². The van der Waals surface area contributed by atoms with Crippen molar-refractivity contribution in [1.29, 1.82) is 0 Å². The summed E-state index contributed by atoms with van der Waals surface area (Å²) in [5, 5.41) is 12.5. The molecule has 0 aromatic carbocycles. The van der Waals surface area contributed by atoms with E-state index in [4.69, 9.17) is 0 Å². The second-order valence-corrected chi connectivity index (χ2v) is 5.62. The summed E-state index contributed by atoms with van der Waals surface area (Å²) in [5.41, 5.74) is 0.225. The highest BCUT2D eigenvalue weighted by atomic mass is 16.3. The van der Waals surface area contributed by atoms with Crippen molar-refractivity contribution in [1.82, 2.24) is 10.2 Å². The maximum atomic E-state index is 9.31. The minimum Gasteiger partial charge on any atom is -0.394 e. The Morgan fingerprint density at radius 1 is 1.47 bits per heavy atom. The van der Waals surface area contributed by atoms with Crippen molar-refractivity contribution in [3.63, 3.8) is 0 Å². The van der Waals surface area contributed by atoms with Crippen LogP contribution < -0.4 is 5.32 Å². The van der Waals surface area contributed by atoms with Gasteiger partial charge in [-0.1, -0.05) is 0 Å². The molecule has 2 N–H and O–H groups in total. The number of rotatable bonds is 5. The first-order valence-electron chi connectivity index (χ1n) is 5.98. The topological polar surface area (TPSA) is 35.5 Å². The fourth-order valence-electron chi connectivity index (χ4n) is 2.24. The van der Waals surface area contributed by atoms with Crippen molar-refractivity contribution in [3.05, 3.63) is 0 Å². The van der Waals surface area contributed by atoms with Crippen LogP contribution in [0.2, 0.25) is 0 Å². The first-order chi connectivity index (χ1) is 6.93. The average Bonchev–Trinajstić information content (AvgIpc) is 2.54. The van der Waals surface area contributed by atoms with E-state index in [1.807, 2.05) is 7.05 Å². The third-order valence-corrected chi connectivity index (χ3v) is 3.96. The fourth-order valence-corrected chi connectivity index (χ4v) is 2.24. The lowest BCUT2D eigenvalue weighted by atomic mass is 9.97. The van der Waals surface area contributed by atoms with Gasteiger partial charge in [0.25, 0.3) is 0 Å². The van der Waals surface area contributed by atoms with Crippen LogP contribution in [-0.4, -0.2) is 47.8 Å². The second-order valence-electron chi connectivity index (χ2n) is 5.62. The fraction of sp³-hybridized carbons (Fsp3) is 1.00. The van der Waals surface area contributed by atoms with Crippen LogP contribution in [0.15, 0.2) is 0 Å². The van der Waals surface area contributed by atoms with Crippen LogP contribution in [0.4, 0.5) is 0 Å². The molecule has 1 aliphatic heterocycles. The van der Waals surface area contributed by atoms with Crippen LogP contribution in [0.3, 0.4) is 0 Å². The summed E-state index contributed by atoms with van der Waals surface area (Å²) in [4.78, 5) is 2.54. The Morgan fingerprint density at radius 3 is 2.53 bits per heavy atom. The number of nitrogens with zero attached hydrogens (tertiary/aromatic N) is 1. The molecule has 0 aromatic rings. The predicted octanol–water partition coefficient (Wildman–Crippen LogP) is 1.22. The Hall–Kier alpha value is -0.120. The van der Waals surface area contributed by atoms with E-state index in [2.05, 4.69) is 31.0 Å². The van der Waals surface area contributed by atoms with E-state index < -0.39 is 0 Å². The average molecular weight is 214 g/mol. The van der Waals surface area contributed by atoms with Crippen molar-refractivity contribution in [2.75, 3.05) is 26.7 Å². The highest BCUT2D eigenvalue weighted by molar-refractivity contribution is 4.90. The van der Waals surface area contributed by atoms with Crippen molar-refractivity contribution in [3.8, 4) is 0 Å². The van der Waals surface area contributed by atoms with E-state index in [1.165, 1.54) is 19.4 Å². The van der Waals surface area contributed by atoms with Crippen LogP contribution in [0.1, 0.15) is 40.0 Å². The van der Waals surface area contributed by atoms with Gasteiger partial charge in [0.2, 0.25) is 0 Å². The minimum absolute atomic E-state index is 0.126. The first kappa shape index (κ1) is 12.9. The Morgan fingerprint density at radius 2 is 2.13 bits per heavy atom. The van der Waals surface area contributed by atoms with Gasteiger partial charge in [-0.3, -0.25) is 4.90 Å². The van der Waals surface area contributed by atoms with E-state index in [0.717, 1.165) is 13.0 Å². The van der Waals surface area contributed by atoms with Gasteiger partial charge >= 0.3 is 0 Å². The van der Waals surface area contributed by atoms with E-state index in [9.17, 15) is 5.11 Å². The molecule has 0 bridgehead atoms. The van der Waals surface area contributed by atoms with Gasteiger partial charge in [-0.15, -0.1) is 0 Å². The molecule has 0 saturated carbocycles. The van der Waals surface area contributed by atoms with Crippen molar-refractivity contribution >= 4 is 0 Å². The number of nitrogens with one attached hydrogen (secondary N) is 1. The number of hydrogen-bond acceptors (Lipinski definition) is 3. The Kier molecular flexibility index (Phi) is 4.15. The van der Waals surface area contributed by atoms with Crippen LogP contribution in [0.5, 0.6) is 0 Å². The molecule has 1 aliphatic rings. The maximum absolute atomic E-state index is 9.31. The van der Waals surface area contributed by atoms with Crippen LogP contribution in [0, 0.1) is 0 Å². The van der Waals surface area contributed by atoms with Gasteiger partial charge in [-0.2, -0.15) is 0 Å². The molecule has 1 unspecified atom stereocenters. The summed E-state index contributed by atoms with van der Waals surface area (Å²) in [5.74, 6) is 0. The van der Waals surface area contributed by atoms with Crippen molar-refractivity contribution in [2.24, 2.45) is 0 Å². The summed E-state index contributed by atoms with van der Waals surface area (Å²) in [6.45, 7) is 9.20. The van der Waals surface area contributed by atoms with Gasteiger partial charge in [0, 0.05) is 17.6 Å². The molecule has 3 heteroatoms. The second kappa shape index (κ2) is 4.81. The molecule has 1 rings (SSSR count). The van der Waals surface area contributed by atoms with E-state index in [1.54, 1.807) is 0 Å². The number of hydrogen-bond donors (Lipinski definition) is 2. The number of likely N-dealkylation sites (N-methyl/N-ethyl adjacent to an activating group) is 1. The van der Waals surface area contributed by atoms with Crippen LogP contribution in [0.25, 0.3) is 0 Å². The maximum Gasteiger partial charge on any atom is 0.0610 e. The molecule has 15 heavy (non-hydrogen) atoms. The van der Waals surface area contributed by atoms with E-state index in [0.29, 0.717) is 5.54 Å². The molecule has 1 heterocycles. The highest BCUT2D eigenvalue weighted by Crippen LogP contribution is 2.28. The Labute approximate surface area is 93.9 Å². The largest absolute Gasteiger partial charge is 0.394 e. The normalized spacial score (nSPS) is 25.4. The summed E-state index contributed by atoms with van der Waals surface area (Å²) in [6.07, 6.45) is 3.61. The molecule has 1 saturated heterocycles. The van der Waals surface area contributed by atoms with Gasteiger partial charge in [0.1, 0.15) is 0 Å². The molecule has 0 radical (unpaired) electrons. The monoisotopic (exact) mass is 214 g/mol. The van der Waals surface area contributed by atoms with Crippen molar-refractivity contribution < 1.29 is 5.11 Å². The van der Waals surface area contributed by atoms with Crippen molar-refractivity contribution in [2.45, 2.75) is 51.1 Å². The minimum atomic E-state index is -0.126. The zero-order chi connectivity index (χ0) is 11.5. The lowest BCUT2D eigenvalue weighted by Crippen LogP contribution is -2.48. The molecular formula is C12H26N2O. The zero-order valence-electron chi connectivity index (χ0n) is 10.6. The summed E-state index contributed by atoms with van der Waals surface area (Å²) in [7, 11) is 1.92. The molecule has 0 aliphatic carbocycles. The van der Waals surface area contributed by atoms with E-state index >= 15 is 0 Å². The summed E-state index contributed by atoms with van der Waals surface area (Å²) < 4.78 is 0. The van der Waals surface area contributed by atoms with Crippen LogP contribution >= 0.6 is 0 Å². The predicted molar refractivity (Wildman–Crippen MR) is 64.1 cm³/mol. The molecule has 90 valence electrons. The Balaban J connectivity index is 2.43. The zero-order valence-corrected chi connectivity index (χ0v) is 10.6. The number of aliphatic hydroxyl groups excluding tert-OH is 1. The highest BCUT2D eigenvalue weighted by Gasteiger charge is 2.33.